The Morgan fingerprint density at radius 2 is 2.00 bits per heavy atom. The van der Waals surface area contributed by atoms with E-state index < -0.39 is 11.9 Å². The van der Waals surface area contributed by atoms with Crippen molar-refractivity contribution in [2.75, 3.05) is 20.1 Å². The van der Waals surface area contributed by atoms with Crippen LogP contribution < -0.4 is 10.6 Å². The molecule has 2 rings (SSSR count). The molecule has 2 N–H and O–H groups in total. The maximum atomic E-state index is 12.5. The van der Waals surface area contributed by atoms with Gasteiger partial charge in [-0.05, 0) is 32.1 Å². The highest BCUT2D eigenvalue weighted by atomic mass is 32.1. The lowest BCUT2D eigenvalue weighted by Crippen LogP contribution is -2.38. The van der Waals surface area contributed by atoms with Crippen LogP contribution in [-0.2, 0) is 12.6 Å². The predicted octanol–water partition coefficient (Wildman–Crippen LogP) is 3.76. The Balaban J connectivity index is 1.68. The fourth-order valence-corrected chi connectivity index (χ4v) is 3.34. The highest BCUT2D eigenvalue weighted by Crippen LogP contribution is 2.30. The molecule has 1 aliphatic rings. The van der Waals surface area contributed by atoms with Crippen LogP contribution in [0.15, 0.2) is 22.0 Å². The number of hydrogen-bond donors (Lipinski definition) is 2. The van der Waals surface area contributed by atoms with Crippen molar-refractivity contribution in [3.63, 3.8) is 0 Å². The summed E-state index contributed by atoms with van der Waals surface area (Å²) in [6, 6.07) is 0. The molecule has 0 saturated heterocycles. The molecule has 0 fully saturated rings. The predicted molar refractivity (Wildman–Crippen MR) is 91.4 cm³/mol. The van der Waals surface area contributed by atoms with Gasteiger partial charge in [0, 0.05) is 31.9 Å². The maximum Gasteiger partial charge on any atom is 0.434 e. The molecule has 134 valence electrons. The zero-order valence-electron chi connectivity index (χ0n) is 13.7. The minimum absolute atomic E-state index is 0.437. The van der Waals surface area contributed by atoms with E-state index in [1.165, 1.54) is 31.3 Å². The normalized spacial score (nSPS) is 16.0. The van der Waals surface area contributed by atoms with Gasteiger partial charge in [-0.2, -0.15) is 13.2 Å². The number of allylic oxidation sites excluding steroid dienone is 1. The van der Waals surface area contributed by atoms with Crippen molar-refractivity contribution in [1.29, 1.82) is 0 Å². The molecule has 8 heteroatoms. The molecule has 0 amide bonds. The van der Waals surface area contributed by atoms with Gasteiger partial charge in [0.05, 0.1) is 5.01 Å². The fourth-order valence-electron chi connectivity index (χ4n) is 2.54. The van der Waals surface area contributed by atoms with Crippen molar-refractivity contribution < 1.29 is 13.2 Å². The summed E-state index contributed by atoms with van der Waals surface area (Å²) >= 11 is 1.03. The van der Waals surface area contributed by atoms with Crippen LogP contribution in [0.2, 0.25) is 0 Å². The first-order valence-electron chi connectivity index (χ1n) is 8.13. The van der Waals surface area contributed by atoms with Crippen molar-refractivity contribution in [2.24, 2.45) is 4.99 Å². The summed E-state index contributed by atoms with van der Waals surface area (Å²) < 4.78 is 37.5. The number of alkyl halides is 3. The first-order valence-corrected chi connectivity index (χ1v) is 9.01. The van der Waals surface area contributed by atoms with Gasteiger partial charge < -0.3 is 10.6 Å². The van der Waals surface area contributed by atoms with Gasteiger partial charge in [0.2, 0.25) is 0 Å². The summed E-state index contributed by atoms with van der Waals surface area (Å²) in [5.74, 6) is 0.666. The Bertz CT molecular complexity index is 578. The molecule has 1 aliphatic carbocycles. The summed E-state index contributed by atoms with van der Waals surface area (Å²) in [5.41, 5.74) is 0.678. The average Bonchev–Trinajstić information content (AvgIpc) is 3.03. The van der Waals surface area contributed by atoms with E-state index in [9.17, 15) is 13.2 Å². The molecule has 0 spiro atoms. The monoisotopic (exact) mass is 360 g/mol. The number of aromatic nitrogens is 1. The lowest BCUT2D eigenvalue weighted by molar-refractivity contribution is -0.140. The molecule has 1 heterocycles. The maximum absolute atomic E-state index is 12.5. The Morgan fingerprint density at radius 3 is 2.58 bits per heavy atom. The van der Waals surface area contributed by atoms with Crippen LogP contribution in [0.5, 0.6) is 0 Å². The second kappa shape index (κ2) is 9.05. The van der Waals surface area contributed by atoms with Gasteiger partial charge >= 0.3 is 6.18 Å². The molecule has 0 radical (unpaired) electrons. The molecule has 24 heavy (non-hydrogen) atoms. The minimum Gasteiger partial charge on any atom is -0.356 e. The van der Waals surface area contributed by atoms with Crippen LogP contribution in [0.3, 0.4) is 0 Å². The van der Waals surface area contributed by atoms with Crippen molar-refractivity contribution in [2.45, 2.75) is 44.7 Å². The smallest absolute Gasteiger partial charge is 0.356 e. The number of halogens is 3. The quantitative estimate of drug-likeness (QED) is 0.461. The molecule has 0 aliphatic heterocycles. The third kappa shape index (κ3) is 6.14. The van der Waals surface area contributed by atoms with Gasteiger partial charge in [0.25, 0.3) is 0 Å². The zero-order valence-corrected chi connectivity index (χ0v) is 14.6. The van der Waals surface area contributed by atoms with Crippen molar-refractivity contribution in [3.8, 4) is 0 Å². The first-order chi connectivity index (χ1) is 11.5. The summed E-state index contributed by atoms with van der Waals surface area (Å²) in [4.78, 5) is 7.74. The number of aliphatic imine (C=N–C) groups is 1. The van der Waals surface area contributed by atoms with E-state index >= 15 is 0 Å². The van der Waals surface area contributed by atoms with Crippen LogP contribution in [0.4, 0.5) is 13.2 Å². The standard InChI is InChI=1S/C16H23F3N4S/c1-20-15(21-9-7-12-5-3-2-4-6-12)22-10-8-14-23-13(11-24-14)16(17,18)19/h5,11H,2-4,6-10H2,1H3,(H2,20,21,22). The van der Waals surface area contributed by atoms with Gasteiger partial charge in [-0.15, -0.1) is 11.3 Å². The van der Waals surface area contributed by atoms with Crippen molar-refractivity contribution in [1.82, 2.24) is 15.6 Å². The highest BCUT2D eigenvalue weighted by Gasteiger charge is 2.33. The molecule has 0 atom stereocenters. The third-order valence-electron chi connectivity index (χ3n) is 3.82. The van der Waals surface area contributed by atoms with Crippen molar-refractivity contribution >= 4 is 17.3 Å². The average molecular weight is 360 g/mol. The number of nitrogens with one attached hydrogen (secondary N) is 2. The topological polar surface area (TPSA) is 49.3 Å². The molecule has 0 aromatic carbocycles. The molecular weight excluding hydrogens is 337 g/mol. The van der Waals surface area contributed by atoms with E-state index in [0.29, 0.717) is 23.9 Å². The third-order valence-corrected chi connectivity index (χ3v) is 4.73. The van der Waals surface area contributed by atoms with E-state index in [1.807, 2.05) is 0 Å². The van der Waals surface area contributed by atoms with Gasteiger partial charge in [0.1, 0.15) is 0 Å². The van der Waals surface area contributed by atoms with Crippen molar-refractivity contribution in [3.05, 3.63) is 27.7 Å². The van der Waals surface area contributed by atoms with E-state index in [2.05, 4.69) is 26.7 Å². The number of hydrogen-bond acceptors (Lipinski definition) is 3. The molecule has 1 aromatic rings. The lowest BCUT2D eigenvalue weighted by atomic mass is 9.97. The second-order valence-electron chi connectivity index (χ2n) is 5.66. The largest absolute Gasteiger partial charge is 0.434 e. The summed E-state index contributed by atoms with van der Waals surface area (Å²) in [6.45, 7) is 1.30. The SMILES string of the molecule is CN=C(NCCC1=CCCCC1)NCCc1nc(C(F)(F)F)cs1. The minimum atomic E-state index is -4.37. The molecular formula is C16H23F3N4S. The summed E-state index contributed by atoms with van der Waals surface area (Å²) in [5, 5.41) is 7.87. The molecule has 1 aromatic heterocycles. The summed E-state index contributed by atoms with van der Waals surface area (Å²) in [6.07, 6.45) is 4.30. The van der Waals surface area contributed by atoms with Crippen LogP contribution in [0.25, 0.3) is 0 Å². The Kier molecular flexibility index (Phi) is 7.08. The zero-order chi connectivity index (χ0) is 17.4. The molecule has 0 unspecified atom stereocenters. The van der Waals surface area contributed by atoms with Crippen LogP contribution in [0.1, 0.15) is 42.8 Å². The van der Waals surface area contributed by atoms with E-state index in [-0.39, 0.29) is 0 Å². The first kappa shape index (κ1) is 18.8. The molecule has 0 bridgehead atoms. The van der Waals surface area contributed by atoms with E-state index in [0.717, 1.165) is 29.7 Å². The summed E-state index contributed by atoms with van der Waals surface area (Å²) in [7, 11) is 1.68. The Labute approximate surface area is 144 Å². The van der Waals surface area contributed by atoms with E-state index in [1.54, 1.807) is 7.05 Å². The lowest BCUT2D eigenvalue weighted by Gasteiger charge is -2.15. The van der Waals surface area contributed by atoms with Gasteiger partial charge in [-0.1, -0.05) is 11.6 Å². The van der Waals surface area contributed by atoms with Crippen LogP contribution >= 0.6 is 11.3 Å². The number of guanidine groups is 1. The van der Waals surface area contributed by atoms with Gasteiger partial charge in [0.15, 0.2) is 11.7 Å². The van der Waals surface area contributed by atoms with Gasteiger partial charge in [-0.25, -0.2) is 4.98 Å². The number of nitrogens with zero attached hydrogens (tertiary/aromatic N) is 2. The van der Waals surface area contributed by atoms with E-state index in [4.69, 9.17) is 0 Å². The number of thiazole rings is 1. The number of rotatable bonds is 6. The Hall–Kier alpha value is -1.57. The highest BCUT2D eigenvalue weighted by molar-refractivity contribution is 7.09. The van der Waals surface area contributed by atoms with Crippen LogP contribution in [-0.4, -0.2) is 31.1 Å². The molecule has 4 nitrogen and oxygen atoms in total. The van der Waals surface area contributed by atoms with Gasteiger partial charge in [-0.3, -0.25) is 4.99 Å². The Morgan fingerprint density at radius 1 is 1.25 bits per heavy atom. The van der Waals surface area contributed by atoms with Crippen LogP contribution in [0, 0.1) is 0 Å². The second-order valence-corrected chi connectivity index (χ2v) is 6.60. The fraction of sp³-hybridized carbons (Fsp3) is 0.625. The molecule has 0 saturated carbocycles.